The van der Waals surface area contributed by atoms with Crippen LogP contribution in [-0.4, -0.2) is 152 Å². The van der Waals surface area contributed by atoms with Crippen LogP contribution in [0.1, 0.15) is 150 Å². The molecule has 0 aliphatic rings. The Morgan fingerprint density at radius 3 is 1.02 bits per heavy atom. The summed E-state index contributed by atoms with van der Waals surface area (Å²) in [4.78, 5) is 102. The van der Waals surface area contributed by atoms with Crippen LogP contribution < -0.4 is 0 Å². The van der Waals surface area contributed by atoms with Crippen molar-refractivity contribution in [1.29, 1.82) is 0 Å². The highest BCUT2D eigenvalue weighted by Gasteiger charge is 2.27. The van der Waals surface area contributed by atoms with Crippen molar-refractivity contribution in [1.82, 2.24) is 0 Å². The molecule has 5 heterocycles. The molecular formula is C94H85Cl2N7O18S9. The fourth-order valence-corrected chi connectivity index (χ4v) is 18.8. The molecule has 0 amide bonds. The summed E-state index contributed by atoms with van der Waals surface area (Å²) in [5.41, 5.74) is 11.9. The van der Waals surface area contributed by atoms with Crippen LogP contribution in [-0.2, 0) is 40.6 Å². The van der Waals surface area contributed by atoms with Gasteiger partial charge in [0.25, 0.3) is 17.1 Å². The van der Waals surface area contributed by atoms with Gasteiger partial charge in [0.05, 0.1) is 84.7 Å². The first kappa shape index (κ1) is 102. The van der Waals surface area contributed by atoms with Crippen LogP contribution in [0.2, 0.25) is 10.0 Å². The molecule has 0 saturated heterocycles. The molecule has 12 aromatic rings. The van der Waals surface area contributed by atoms with E-state index in [0.29, 0.717) is 104 Å². The molecule has 5 aromatic heterocycles. The van der Waals surface area contributed by atoms with Gasteiger partial charge in [0.2, 0.25) is 0 Å². The number of methoxy groups -OCH3 is 2. The number of thiocarbonyl (C=S) groups is 4. The molecule has 0 atom stereocenters. The van der Waals surface area contributed by atoms with E-state index in [2.05, 4.69) is 69.7 Å². The summed E-state index contributed by atoms with van der Waals surface area (Å²) in [7, 11) is 2.54. The molecule has 672 valence electrons. The molecule has 0 bridgehead atoms. The summed E-state index contributed by atoms with van der Waals surface area (Å²) in [6.45, 7) is 18.8. The number of ether oxygens (including phenoxy) is 2. The van der Waals surface area contributed by atoms with Gasteiger partial charge < -0.3 is 40.1 Å². The maximum atomic E-state index is 11.7. The fourth-order valence-electron chi connectivity index (χ4n) is 12.5. The highest BCUT2D eigenvalue weighted by Crippen LogP contribution is 2.44. The Labute approximate surface area is 799 Å². The lowest BCUT2D eigenvalue weighted by Crippen LogP contribution is -2.10. The van der Waals surface area contributed by atoms with Gasteiger partial charge in [-0.25, -0.2) is 19.2 Å². The average Bonchev–Trinajstić information content (AvgIpc) is 1.69. The van der Waals surface area contributed by atoms with Gasteiger partial charge in [-0.1, -0.05) is 201 Å². The summed E-state index contributed by atoms with van der Waals surface area (Å²) in [5.74, 6) is -3.14. The van der Waals surface area contributed by atoms with Crippen molar-refractivity contribution in [3.05, 3.63) is 302 Å². The second-order valence-corrected chi connectivity index (χ2v) is 38.0. The Morgan fingerprint density at radius 1 is 0.400 bits per heavy atom. The molecule has 0 aliphatic heterocycles. The Balaban J connectivity index is 0.000000195. The number of hydrogen-bond donors (Lipinski definition) is 6. The van der Waals surface area contributed by atoms with Gasteiger partial charge in [-0.2, -0.15) is 0 Å². The maximum Gasteiger partial charge on any atom is 0.348 e. The molecule has 12 rings (SSSR count). The number of hydrogen-bond acceptors (Lipinski definition) is 29. The number of thiophene rings is 5. The molecule has 0 radical (unpaired) electrons. The molecule has 0 unspecified atom stereocenters. The number of halogens is 2. The van der Waals surface area contributed by atoms with Gasteiger partial charge in [-0.3, -0.25) is 50.3 Å². The van der Waals surface area contributed by atoms with Crippen molar-refractivity contribution < 1.29 is 74.1 Å². The van der Waals surface area contributed by atoms with Gasteiger partial charge >= 0.3 is 23.9 Å². The SMILES string of the molecule is CC(=NCC(=S)Cc1ccc(C(=O)O)c([N+](=O)[O-])c1)c1csc(-c2ccc(C)cc2)c1O.CC(=NCC(=S)Cc1ccc(C(=O)O)c([N+](=O)[O-])c1)c1csc(-c2ccc(Cl)c(Cl)c2)c1O.COC(=O)c1ccc(CC(=S)CN=C(C)c2csc(-c3ccc(C(C)(C)C)cc3)c2O)s1.COC(=O)c1ccc(CC(=S)CN=C(C)c2csc(-c3ccc(C)cc3)c2O)cc1[N+](=O)[O-]. The highest BCUT2D eigenvalue weighted by atomic mass is 35.5. The van der Waals surface area contributed by atoms with E-state index >= 15 is 0 Å². The number of aromatic carboxylic acids is 2. The van der Waals surface area contributed by atoms with E-state index in [1.54, 1.807) is 56.5 Å². The molecule has 6 N–H and O–H groups in total. The lowest BCUT2D eigenvalue weighted by atomic mass is 9.86. The van der Waals surface area contributed by atoms with Crippen LogP contribution in [0.15, 0.2) is 199 Å². The zero-order valence-corrected chi connectivity index (χ0v) is 80.5. The predicted octanol–water partition coefficient (Wildman–Crippen LogP) is 24.1. The van der Waals surface area contributed by atoms with Gasteiger partial charge in [-0.15, -0.1) is 56.7 Å². The molecule has 0 spiro atoms. The third-order valence-corrected chi connectivity index (χ3v) is 26.6. The number of carbonyl (C=O) groups excluding carboxylic acids is 2. The van der Waals surface area contributed by atoms with Crippen LogP contribution in [0.3, 0.4) is 0 Å². The Morgan fingerprint density at radius 2 is 0.708 bits per heavy atom. The van der Waals surface area contributed by atoms with Crippen LogP contribution in [0.5, 0.6) is 23.0 Å². The quantitative estimate of drug-likeness (QED) is 0.00772. The first-order valence-corrected chi connectivity index (χ1v) is 45.9. The number of aliphatic imine (C=N–C) groups is 4. The van der Waals surface area contributed by atoms with Crippen LogP contribution in [0.25, 0.3) is 41.8 Å². The Bertz CT molecular complexity index is 6480. The number of carboxylic acids is 2. The maximum absolute atomic E-state index is 11.7. The van der Waals surface area contributed by atoms with Gasteiger partial charge in [-0.05, 0) is 134 Å². The van der Waals surface area contributed by atoms with E-state index in [4.69, 9.17) is 87.0 Å². The highest BCUT2D eigenvalue weighted by molar-refractivity contribution is 7.81. The van der Waals surface area contributed by atoms with Crippen molar-refractivity contribution in [3.63, 3.8) is 0 Å². The molecule has 7 aromatic carbocycles. The molecular weight excluding hydrogens is 1870 g/mol. The van der Waals surface area contributed by atoms with Crippen LogP contribution in [0, 0.1) is 44.2 Å². The lowest BCUT2D eigenvalue weighted by molar-refractivity contribution is -0.385. The van der Waals surface area contributed by atoms with E-state index in [1.165, 1.54) is 125 Å². The number of benzene rings is 7. The fraction of sp³-hybridized carbons (Fsp3) is 0.213. The van der Waals surface area contributed by atoms with Crippen LogP contribution in [0.4, 0.5) is 17.1 Å². The minimum Gasteiger partial charge on any atom is -0.506 e. The van der Waals surface area contributed by atoms with E-state index in [0.717, 1.165) is 69.0 Å². The van der Waals surface area contributed by atoms with Crippen LogP contribution >= 0.6 is 129 Å². The first-order chi connectivity index (χ1) is 61.5. The topological polar surface area (TPSA) is 387 Å². The largest absolute Gasteiger partial charge is 0.506 e. The molecule has 0 aliphatic carbocycles. The van der Waals surface area contributed by atoms with Gasteiger partial charge in [0.1, 0.15) is 44.6 Å². The minimum atomic E-state index is -1.37. The molecule has 130 heavy (non-hydrogen) atoms. The number of aromatic hydroxyl groups is 4. The van der Waals surface area contributed by atoms with E-state index in [1.807, 2.05) is 91.5 Å². The predicted molar refractivity (Wildman–Crippen MR) is 538 cm³/mol. The average molecular weight is 1960 g/mol. The number of nitro benzene ring substituents is 3. The Kier molecular flexibility index (Phi) is 36.3. The second kappa shape index (κ2) is 46.5. The van der Waals surface area contributed by atoms with Crippen molar-refractivity contribution in [2.45, 2.75) is 93.4 Å². The standard InChI is InChI=1S/C25H27NO3S3.C24H22N2O5S2.C23H20N2O5S2.C22H16Cl2N2O5S2/c1-15(26-13-18(30)12-19-10-11-21(32-19)24(28)29-5)20-14-31-23(22(20)27)16-6-8-17(9-7-16)25(2,3)4;1-14-4-7-17(8-5-14)23-22(27)20(13-33-23)15(2)25-12-18(32)10-16-6-9-19(24(28)31-3)21(11-16)26(29)30;1-13-3-6-16(7-4-13)22-21(26)19(12-32-22)14(2)24-11-17(31)9-15-5-8-18(23(27)28)20(10-15)25(29)30;1-11(16-10-33-21(20(16)27)13-3-5-17(23)18(24)8-13)25-9-14(32)6-12-2-4-15(22(28)29)19(7-12)26(30)31/h6-11,14,27H,12-13H2,1-5H3;4-9,11,13,27H,10,12H2,1-3H3;3-8,10,12,26H,9,11H2,1-2H3,(H,27,28);2-5,7-8,10,27H,6,9H2,1H3,(H,28,29). The number of aryl methyl sites for hydroxylation is 2. The lowest BCUT2D eigenvalue weighted by Gasteiger charge is -2.19. The first-order valence-electron chi connectivity index (χ1n) is 39.1. The van der Waals surface area contributed by atoms with Crippen molar-refractivity contribution in [2.24, 2.45) is 20.0 Å². The number of rotatable bonds is 31. The van der Waals surface area contributed by atoms with Crippen molar-refractivity contribution in [3.8, 4) is 64.8 Å². The number of esters is 2. The summed E-state index contributed by atoms with van der Waals surface area (Å²) in [6.07, 6.45) is 1.33. The normalized spacial score (nSPS) is 11.5. The minimum absolute atomic E-state index is 0.0745. The van der Waals surface area contributed by atoms with Crippen molar-refractivity contribution >= 4 is 212 Å². The van der Waals surface area contributed by atoms with E-state index in [-0.39, 0.29) is 89.2 Å². The summed E-state index contributed by atoms with van der Waals surface area (Å²) in [5, 5.41) is 103. The number of nitrogens with zero attached hydrogens (tertiary/aromatic N) is 7. The molecule has 0 fully saturated rings. The Hall–Kier alpha value is -12.1. The molecule has 25 nitrogen and oxygen atoms in total. The number of nitro groups is 3. The summed E-state index contributed by atoms with van der Waals surface area (Å²) in [6, 6.07) is 45.1. The molecule has 0 saturated carbocycles. The second-order valence-electron chi connectivity index (χ2n) is 30.2. The van der Waals surface area contributed by atoms with Crippen molar-refractivity contribution in [2.75, 3.05) is 40.4 Å². The molecule has 36 heteroatoms. The zero-order chi connectivity index (χ0) is 95.3. The van der Waals surface area contributed by atoms with Gasteiger partial charge in [0.15, 0.2) is 0 Å². The summed E-state index contributed by atoms with van der Waals surface area (Å²) < 4.78 is 9.34. The third-order valence-electron chi connectivity index (χ3n) is 19.7. The summed E-state index contributed by atoms with van der Waals surface area (Å²) >= 11 is 40.8. The number of carboxylic acid groups (broad SMARTS) is 2. The van der Waals surface area contributed by atoms with E-state index in [9.17, 15) is 69.9 Å². The third kappa shape index (κ3) is 27.3. The zero-order valence-electron chi connectivity index (χ0n) is 71.6. The van der Waals surface area contributed by atoms with Gasteiger partial charge in [0, 0.05) is 135 Å². The van der Waals surface area contributed by atoms with E-state index < -0.39 is 44.1 Å². The smallest absolute Gasteiger partial charge is 0.348 e. The monoisotopic (exact) mass is 1960 g/mol. The number of carbonyl (C=O) groups is 4.